The lowest BCUT2D eigenvalue weighted by molar-refractivity contribution is -0.223. The molecule has 0 aliphatic carbocycles. The molecule has 0 saturated carbocycles. The smallest absolute Gasteiger partial charge is 0.307 e. The van der Waals surface area contributed by atoms with Gasteiger partial charge >= 0.3 is 5.97 Å². The Hall–Kier alpha value is -1.03. The zero-order valence-corrected chi connectivity index (χ0v) is 4.92. The highest BCUT2D eigenvalue weighted by Gasteiger charge is 2.09. The summed E-state index contributed by atoms with van der Waals surface area (Å²) < 4.78 is 4.58. The first-order valence-electron chi connectivity index (χ1n) is 2.45. The Morgan fingerprint density at radius 1 is 1.89 bits per heavy atom. The Labute approximate surface area is 51.9 Å². The quantitative estimate of drug-likeness (QED) is 0.379. The van der Waals surface area contributed by atoms with Crippen molar-refractivity contribution in [3.63, 3.8) is 0 Å². The lowest BCUT2D eigenvalue weighted by Gasteiger charge is -1.94. The average molecular weight is 130 g/mol. The Balaban J connectivity index is 2.35. The minimum absolute atomic E-state index is 0.208. The van der Waals surface area contributed by atoms with E-state index < -0.39 is 0 Å². The zero-order chi connectivity index (χ0) is 6.69. The summed E-state index contributed by atoms with van der Waals surface area (Å²) >= 11 is 0. The van der Waals surface area contributed by atoms with Crippen LogP contribution in [0.15, 0.2) is 12.0 Å². The molecule has 0 bridgehead atoms. The SMILES string of the molecule is CC(=O)OC1=COOC1. The molecule has 50 valence electrons. The van der Waals surface area contributed by atoms with E-state index in [1.165, 1.54) is 13.2 Å². The maximum Gasteiger partial charge on any atom is 0.307 e. The van der Waals surface area contributed by atoms with E-state index in [-0.39, 0.29) is 12.6 Å². The monoisotopic (exact) mass is 130 g/mol. The molecule has 0 radical (unpaired) electrons. The van der Waals surface area contributed by atoms with Crippen molar-refractivity contribution >= 4 is 5.97 Å². The van der Waals surface area contributed by atoms with E-state index in [4.69, 9.17) is 0 Å². The van der Waals surface area contributed by atoms with Gasteiger partial charge in [0, 0.05) is 6.92 Å². The third kappa shape index (κ3) is 1.73. The molecule has 0 unspecified atom stereocenters. The van der Waals surface area contributed by atoms with Crippen molar-refractivity contribution in [1.82, 2.24) is 0 Å². The van der Waals surface area contributed by atoms with Gasteiger partial charge in [-0.3, -0.25) is 4.79 Å². The Morgan fingerprint density at radius 2 is 2.67 bits per heavy atom. The van der Waals surface area contributed by atoms with Gasteiger partial charge in [-0.05, 0) is 0 Å². The molecule has 4 heteroatoms. The van der Waals surface area contributed by atoms with Crippen LogP contribution in [0.5, 0.6) is 0 Å². The molecule has 0 aromatic rings. The molecule has 0 fully saturated rings. The normalized spacial score (nSPS) is 16.3. The fourth-order valence-electron chi connectivity index (χ4n) is 0.452. The highest BCUT2D eigenvalue weighted by atomic mass is 17.2. The average Bonchev–Trinajstić information content (AvgIpc) is 2.15. The minimum atomic E-state index is -0.365. The first kappa shape index (κ1) is 6.10. The highest BCUT2D eigenvalue weighted by Crippen LogP contribution is 2.06. The number of rotatable bonds is 1. The zero-order valence-electron chi connectivity index (χ0n) is 4.92. The lowest BCUT2D eigenvalue weighted by Crippen LogP contribution is -1.99. The Kier molecular flexibility index (Phi) is 1.69. The van der Waals surface area contributed by atoms with E-state index in [2.05, 4.69) is 14.5 Å². The number of hydrogen-bond donors (Lipinski definition) is 0. The van der Waals surface area contributed by atoms with Crippen molar-refractivity contribution in [2.75, 3.05) is 6.61 Å². The van der Waals surface area contributed by atoms with Gasteiger partial charge in [-0.2, -0.15) is 4.89 Å². The van der Waals surface area contributed by atoms with Crippen LogP contribution in [0.3, 0.4) is 0 Å². The van der Waals surface area contributed by atoms with Gasteiger partial charge in [0.15, 0.2) is 18.6 Å². The summed E-state index contributed by atoms with van der Waals surface area (Å²) in [6, 6.07) is 0. The molecule has 1 heterocycles. The maximum absolute atomic E-state index is 10.2. The number of carbonyl (C=O) groups excluding carboxylic acids is 1. The second-order valence-electron chi connectivity index (χ2n) is 1.54. The van der Waals surface area contributed by atoms with Gasteiger partial charge in [0.2, 0.25) is 0 Å². The van der Waals surface area contributed by atoms with E-state index in [1.807, 2.05) is 0 Å². The van der Waals surface area contributed by atoms with Crippen LogP contribution in [0.25, 0.3) is 0 Å². The molecule has 0 saturated heterocycles. The predicted octanol–water partition coefficient (Wildman–Crippen LogP) is 0.353. The number of hydrogen-bond acceptors (Lipinski definition) is 4. The third-order valence-electron chi connectivity index (χ3n) is 0.724. The van der Waals surface area contributed by atoms with Crippen LogP contribution in [0, 0.1) is 0 Å². The fourth-order valence-corrected chi connectivity index (χ4v) is 0.452. The molecule has 4 nitrogen and oxygen atoms in total. The van der Waals surface area contributed by atoms with E-state index in [0.717, 1.165) is 0 Å². The molecule has 9 heavy (non-hydrogen) atoms. The minimum Gasteiger partial charge on any atom is -0.425 e. The molecule has 1 rings (SSSR count). The van der Waals surface area contributed by atoms with E-state index in [9.17, 15) is 4.79 Å². The van der Waals surface area contributed by atoms with Gasteiger partial charge in [-0.25, -0.2) is 0 Å². The van der Waals surface area contributed by atoms with Gasteiger partial charge in [0.25, 0.3) is 0 Å². The van der Waals surface area contributed by atoms with Crippen LogP contribution in [0.1, 0.15) is 6.92 Å². The van der Waals surface area contributed by atoms with Crippen molar-refractivity contribution in [3.8, 4) is 0 Å². The van der Waals surface area contributed by atoms with Gasteiger partial charge in [-0.15, -0.1) is 0 Å². The maximum atomic E-state index is 10.2. The molecule has 0 aromatic heterocycles. The molecule has 0 N–H and O–H groups in total. The summed E-state index contributed by atoms with van der Waals surface area (Å²) in [4.78, 5) is 18.9. The molecule has 0 aromatic carbocycles. The first-order valence-corrected chi connectivity index (χ1v) is 2.45. The molecule has 0 spiro atoms. The molecule has 1 aliphatic heterocycles. The molecule has 1 aliphatic rings. The summed E-state index contributed by atoms with van der Waals surface area (Å²) in [6.45, 7) is 1.53. The summed E-state index contributed by atoms with van der Waals surface area (Å²) in [5.41, 5.74) is 0. The van der Waals surface area contributed by atoms with Crippen molar-refractivity contribution in [2.24, 2.45) is 0 Å². The van der Waals surface area contributed by atoms with Gasteiger partial charge in [-0.1, -0.05) is 0 Å². The fraction of sp³-hybridized carbons (Fsp3) is 0.400. The van der Waals surface area contributed by atoms with Crippen LogP contribution in [0.4, 0.5) is 0 Å². The molecule has 0 atom stereocenters. The number of ether oxygens (including phenoxy) is 1. The van der Waals surface area contributed by atoms with Crippen LogP contribution >= 0.6 is 0 Å². The van der Waals surface area contributed by atoms with E-state index in [1.54, 1.807) is 0 Å². The van der Waals surface area contributed by atoms with Crippen molar-refractivity contribution in [1.29, 1.82) is 0 Å². The largest absolute Gasteiger partial charge is 0.425 e. The summed E-state index contributed by atoms with van der Waals surface area (Å²) in [5, 5.41) is 0. The van der Waals surface area contributed by atoms with E-state index in [0.29, 0.717) is 5.76 Å². The second-order valence-corrected chi connectivity index (χ2v) is 1.54. The van der Waals surface area contributed by atoms with E-state index >= 15 is 0 Å². The highest BCUT2D eigenvalue weighted by molar-refractivity contribution is 5.67. The Bertz CT molecular complexity index is 149. The second kappa shape index (κ2) is 2.50. The lowest BCUT2D eigenvalue weighted by atomic mass is 10.6. The van der Waals surface area contributed by atoms with Crippen LogP contribution in [0.2, 0.25) is 0 Å². The van der Waals surface area contributed by atoms with Gasteiger partial charge in [0.1, 0.15) is 0 Å². The molecular weight excluding hydrogens is 124 g/mol. The first-order chi connectivity index (χ1) is 4.29. The van der Waals surface area contributed by atoms with Crippen molar-refractivity contribution < 1.29 is 19.3 Å². The van der Waals surface area contributed by atoms with Crippen LogP contribution in [-0.2, 0) is 19.3 Å². The summed E-state index contributed by atoms with van der Waals surface area (Å²) in [7, 11) is 0. The van der Waals surface area contributed by atoms with Crippen molar-refractivity contribution in [2.45, 2.75) is 6.92 Å². The summed E-state index contributed by atoms with van der Waals surface area (Å²) in [6.07, 6.45) is 1.25. The van der Waals surface area contributed by atoms with Crippen LogP contribution < -0.4 is 0 Å². The van der Waals surface area contributed by atoms with Crippen molar-refractivity contribution in [3.05, 3.63) is 12.0 Å². The Morgan fingerprint density at radius 3 is 3.11 bits per heavy atom. The predicted molar refractivity (Wildman–Crippen MR) is 26.9 cm³/mol. The van der Waals surface area contributed by atoms with Gasteiger partial charge in [0.05, 0.1) is 0 Å². The molecule has 0 amide bonds. The number of esters is 1. The van der Waals surface area contributed by atoms with Gasteiger partial charge < -0.3 is 9.62 Å². The summed E-state index contributed by atoms with van der Waals surface area (Å²) in [5.74, 6) is 0.0397. The van der Waals surface area contributed by atoms with Crippen LogP contribution in [-0.4, -0.2) is 12.6 Å². The number of carbonyl (C=O) groups is 1. The topological polar surface area (TPSA) is 44.8 Å². The third-order valence-corrected chi connectivity index (χ3v) is 0.724. The molecular formula is C5H6O4. The standard InChI is InChI=1S/C5H6O4/c1-4(6)9-5-2-7-8-3-5/h2H,3H2,1H3.